The van der Waals surface area contributed by atoms with Crippen molar-refractivity contribution in [2.45, 2.75) is 0 Å². The molecule has 1 rings (SSSR count). The number of carbonyl (C=O) groups excluding carboxylic acids is 1. The average molecular weight is 190 g/mol. The van der Waals surface area contributed by atoms with Crippen LogP contribution in [0.4, 0.5) is 13.2 Å². The summed E-state index contributed by atoms with van der Waals surface area (Å²) in [6.45, 7) is -1.24. The van der Waals surface area contributed by atoms with Crippen molar-refractivity contribution in [2.24, 2.45) is 0 Å². The van der Waals surface area contributed by atoms with Crippen LogP contribution in [0.15, 0.2) is 12.1 Å². The third-order valence-corrected chi connectivity index (χ3v) is 1.42. The summed E-state index contributed by atoms with van der Waals surface area (Å²) in [5.41, 5.74) is -0.758. The fraction of sp³-hybridized carbons (Fsp3) is 0.125. The number of ether oxygens (including phenoxy) is 1. The molecule has 0 saturated heterocycles. The van der Waals surface area contributed by atoms with E-state index in [2.05, 4.69) is 4.74 Å². The minimum absolute atomic E-state index is 0.00968. The van der Waals surface area contributed by atoms with Gasteiger partial charge in [0.1, 0.15) is 5.82 Å². The maximum Gasteiger partial charge on any atom is 0.228 e. The third-order valence-electron chi connectivity index (χ3n) is 1.42. The fourth-order valence-corrected chi connectivity index (χ4v) is 0.828. The molecule has 0 aliphatic rings. The van der Waals surface area contributed by atoms with Crippen molar-refractivity contribution < 1.29 is 22.7 Å². The Morgan fingerprint density at radius 1 is 1.38 bits per heavy atom. The van der Waals surface area contributed by atoms with Crippen LogP contribution >= 0.6 is 0 Å². The minimum atomic E-state index is -1.24. The van der Waals surface area contributed by atoms with E-state index in [0.717, 1.165) is 12.1 Å². The van der Waals surface area contributed by atoms with Crippen molar-refractivity contribution in [3.05, 3.63) is 29.3 Å². The lowest BCUT2D eigenvalue weighted by atomic mass is 10.2. The van der Waals surface area contributed by atoms with E-state index in [9.17, 15) is 18.0 Å². The van der Waals surface area contributed by atoms with E-state index in [0.29, 0.717) is 0 Å². The Bertz CT molecular complexity index is 325. The summed E-state index contributed by atoms with van der Waals surface area (Å²) in [4.78, 5) is 10.2. The fourth-order valence-electron chi connectivity index (χ4n) is 0.828. The number of hydrogen-bond donors (Lipinski definition) is 0. The molecular weight excluding hydrogens is 185 g/mol. The number of rotatable bonds is 3. The van der Waals surface area contributed by atoms with Crippen LogP contribution in [0, 0.1) is 11.6 Å². The van der Waals surface area contributed by atoms with Gasteiger partial charge in [0, 0.05) is 0 Å². The first-order chi connectivity index (χ1) is 6.20. The lowest BCUT2D eigenvalue weighted by Crippen LogP contribution is -1.99. The average Bonchev–Trinajstić information content (AvgIpc) is 2.11. The van der Waals surface area contributed by atoms with Gasteiger partial charge in [0.15, 0.2) is 17.9 Å². The summed E-state index contributed by atoms with van der Waals surface area (Å²) in [5.74, 6) is -2.67. The molecule has 70 valence electrons. The smallest absolute Gasteiger partial charge is 0.228 e. The Kier molecular flexibility index (Phi) is 2.89. The molecule has 1 aromatic rings. The molecule has 5 heteroatoms. The van der Waals surface area contributed by atoms with Crippen LogP contribution < -0.4 is 4.74 Å². The highest BCUT2D eigenvalue weighted by molar-refractivity contribution is 5.76. The molecule has 1 aromatic carbocycles. The van der Waals surface area contributed by atoms with Gasteiger partial charge in [-0.05, 0) is 12.1 Å². The van der Waals surface area contributed by atoms with E-state index in [4.69, 9.17) is 0 Å². The summed E-state index contributed by atoms with van der Waals surface area (Å²) >= 11 is 0. The van der Waals surface area contributed by atoms with Gasteiger partial charge in [-0.2, -0.15) is 0 Å². The monoisotopic (exact) mass is 190 g/mol. The lowest BCUT2D eigenvalue weighted by molar-refractivity contribution is 0.111. The van der Waals surface area contributed by atoms with Crippen molar-refractivity contribution in [1.82, 2.24) is 0 Å². The van der Waals surface area contributed by atoms with Crippen molar-refractivity contribution >= 4 is 6.29 Å². The molecule has 0 heterocycles. The standard InChI is InChI=1S/C8H5F3O2/c9-4-13-7-2-1-6(10)5(3-12)8(7)11/h1-3H,4H2. The third kappa shape index (κ3) is 1.80. The molecular formula is C8H5F3O2. The molecule has 0 bridgehead atoms. The summed E-state index contributed by atoms with van der Waals surface area (Å²) in [7, 11) is 0. The number of alkyl halides is 1. The molecule has 0 aromatic heterocycles. The Labute approximate surface area is 71.9 Å². The highest BCUT2D eigenvalue weighted by Gasteiger charge is 2.13. The molecule has 0 fully saturated rings. The molecule has 0 amide bonds. The largest absolute Gasteiger partial charge is 0.460 e. The lowest BCUT2D eigenvalue weighted by Gasteiger charge is -2.04. The van der Waals surface area contributed by atoms with Gasteiger partial charge >= 0.3 is 0 Å². The highest BCUT2D eigenvalue weighted by atomic mass is 19.1. The summed E-state index contributed by atoms with van der Waals surface area (Å²) in [6.07, 6.45) is 0.00968. The van der Waals surface area contributed by atoms with E-state index in [1.54, 1.807) is 0 Å². The van der Waals surface area contributed by atoms with E-state index < -0.39 is 29.8 Å². The Balaban J connectivity index is 3.19. The first-order valence-electron chi connectivity index (χ1n) is 3.32. The predicted octanol–water partition coefficient (Wildman–Crippen LogP) is 2.08. The Morgan fingerprint density at radius 2 is 2.08 bits per heavy atom. The zero-order chi connectivity index (χ0) is 9.84. The van der Waals surface area contributed by atoms with Gasteiger partial charge in [-0.1, -0.05) is 0 Å². The number of benzene rings is 1. The van der Waals surface area contributed by atoms with Crippen LogP contribution in [0.1, 0.15) is 10.4 Å². The second-order valence-corrected chi connectivity index (χ2v) is 2.14. The zero-order valence-electron chi connectivity index (χ0n) is 6.39. The zero-order valence-corrected chi connectivity index (χ0v) is 6.39. The summed E-state index contributed by atoms with van der Waals surface area (Å²) in [5, 5.41) is 0. The molecule has 0 aliphatic carbocycles. The Hall–Kier alpha value is -1.52. The molecule has 0 aliphatic heterocycles. The first-order valence-corrected chi connectivity index (χ1v) is 3.32. The normalized spacial score (nSPS) is 9.77. The van der Waals surface area contributed by atoms with Crippen molar-refractivity contribution in [3.8, 4) is 5.75 Å². The van der Waals surface area contributed by atoms with Crippen LogP contribution in [0.5, 0.6) is 5.75 Å². The van der Waals surface area contributed by atoms with Crippen molar-refractivity contribution in [2.75, 3.05) is 6.86 Å². The second-order valence-electron chi connectivity index (χ2n) is 2.14. The minimum Gasteiger partial charge on any atom is -0.460 e. The highest BCUT2D eigenvalue weighted by Crippen LogP contribution is 2.21. The molecule has 0 atom stereocenters. The molecule has 0 unspecified atom stereocenters. The van der Waals surface area contributed by atoms with E-state index in [-0.39, 0.29) is 6.29 Å². The van der Waals surface area contributed by atoms with Gasteiger partial charge in [0.25, 0.3) is 0 Å². The van der Waals surface area contributed by atoms with Crippen molar-refractivity contribution in [3.63, 3.8) is 0 Å². The second kappa shape index (κ2) is 3.93. The maximum absolute atomic E-state index is 13.0. The van der Waals surface area contributed by atoms with Gasteiger partial charge < -0.3 is 4.74 Å². The van der Waals surface area contributed by atoms with E-state index in [1.165, 1.54) is 0 Å². The van der Waals surface area contributed by atoms with Crippen LogP contribution in [0.3, 0.4) is 0 Å². The van der Waals surface area contributed by atoms with Gasteiger partial charge in [0.05, 0.1) is 5.56 Å². The topological polar surface area (TPSA) is 26.3 Å². The van der Waals surface area contributed by atoms with Crippen LogP contribution in [-0.2, 0) is 0 Å². The van der Waals surface area contributed by atoms with Crippen LogP contribution in [0.2, 0.25) is 0 Å². The van der Waals surface area contributed by atoms with E-state index in [1.807, 2.05) is 0 Å². The molecule has 0 N–H and O–H groups in total. The van der Waals surface area contributed by atoms with Crippen molar-refractivity contribution in [1.29, 1.82) is 0 Å². The SMILES string of the molecule is O=Cc1c(F)ccc(OCF)c1F. The predicted molar refractivity (Wildman–Crippen MR) is 38.3 cm³/mol. The summed E-state index contributed by atoms with van der Waals surface area (Å²) in [6, 6.07) is 1.75. The quantitative estimate of drug-likeness (QED) is 0.682. The first kappa shape index (κ1) is 9.57. The molecule has 13 heavy (non-hydrogen) atoms. The molecule has 0 spiro atoms. The maximum atomic E-state index is 13.0. The number of halogens is 3. The Morgan fingerprint density at radius 3 is 2.62 bits per heavy atom. The van der Waals surface area contributed by atoms with E-state index >= 15 is 0 Å². The molecule has 0 saturated carbocycles. The van der Waals surface area contributed by atoms with Gasteiger partial charge in [-0.3, -0.25) is 4.79 Å². The number of hydrogen-bond acceptors (Lipinski definition) is 2. The number of carbonyl (C=O) groups is 1. The van der Waals surface area contributed by atoms with Gasteiger partial charge in [0.2, 0.25) is 6.86 Å². The van der Waals surface area contributed by atoms with Crippen LogP contribution in [-0.4, -0.2) is 13.1 Å². The number of aldehydes is 1. The molecule has 2 nitrogen and oxygen atoms in total. The van der Waals surface area contributed by atoms with Gasteiger partial charge in [-0.15, -0.1) is 0 Å². The molecule has 0 radical (unpaired) electrons. The summed E-state index contributed by atoms with van der Waals surface area (Å²) < 4.78 is 41.4. The van der Waals surface area contributed by atoms with Gasteiger partial charge in [-0.25, -0.2) is 13.2 Å². The van der Waals surface area contributed by atoms with Crippen LogP contribution in [0.25, 0.3) is 0 Å².